The maximum atomic E-state index is 12.7. The van der Waals surface area contributed by atoms with Crippen LogP contribution in [-0.4, -0.2) is 15.7 Å². The van der Waals surface area contributed by atoms with Gasteiger partial charge in [0.25, 0.3) is 5.56 Å². The van der Waals surface area contributed by atoms with Crippen molar-refractivity contribution in [2.24, 2.45) is 0 Å². The fourth-order valence-electron chi connectivity index (χ4n) is 2.82. The van der Waals surface area contributed by atoms with Crippen molar-refractivity contribution in [2.45, 2.75) is 33.7 Å². The molecule has 0 saturated heterocycles. The van der Waals surface area contributed by atoms with Gasteiger partial charge in [-0.25, -0.2) is 4.68 Å². The Kier molecular flexibility index (Phi) is 5.21. The maximum Gasteiger partial charge on any atom is 0.267 e. The molecule has 1 atom stereocenters. The fourth-order valence-corrected chi connectivity index (χ4v) is 2.82. The van der Waals surface area contributed by atoms with Crippen molar-refractivity contribution in [1.82, 2.24) is 9.78 Å². The molecule has 0 fully saturated rings. The Hall–Kier alpha value is -3.21. The normalized spacial score (nSPS) is 11.9. The minimum absolute atomic E-state index is 0.278. The van der Waals surface area contributed by atoms with Gasteiger partial charge in [0, 0.05) is 17.3 Å². The Bertz CT molecular complexity index is 1040. The SMILES string of the molecule is Cc1ccc(-c2ccc(=O)n([C@@H](C)C(=O)Nc3cccc(C)c3C)n2)cc1. The summed E-state index contributed by atoms with van der Waals surface area (Å²) in [5.41, 5.74) is 5.23. The molecule has 0 aliphatic carbocycles. The van der Waals surface area contributed by atoms with Gasteiger partial charge in [0.15, 0.2) is 0 Å². The van der Waals surface area contributed by atoms with Crippen LogP contribution in [-0.2, 0) is 4.79 Å². The molecule has 0 aliphatic rings. The zero-order chi connectivity index (χ0) is 19.6. The zero-order valence-electron chi connectivity index (χ0n) is 16.0. The third-order valence-corrected chi connectivity index (χ3v) is 4.78. The molecule has 5 heteroatoms. The van der Waals surface area contributed by atoms with Crippen molar-refractivity contribution in [3.63, 3.8) is 0 Å². The highest BCUT2D eigenvalue weighted by atomic mass is 16.2. The minimum atomic E-state index is -0.734. The molecule has 0 radical (unpaired) electrons. The van der Waals surface area contributed by atoms with Crippen molar-refractivity contribution >= 4 is 11.6 Å². The molecule has 0 aliphatic heterocycles. The topological polar surface area (TPSA) is 64.0 Å². The largest absolute Gasteiger partial charge is 0.324 e. The van der Waals surface area contributed by atoms with Crippen LogP contribution in [0.15, 0.2) is 59.4 Å². The van der Waals surface area contributed by atoms with Crippen LogP contribution >= 0.6 is 0 Å². The van der Waals surface area contributed by atoms with Crippen molar-refractivity contribution in [3.05, 3.63) is 81.6 Å². The highest BCUT2D eigenvalue weighted by molar-refractivity contribution is 5.94. The number of hydrogen-bond donors (Lipinski definition) is 1. The number of rotatable bonds is 4. The number of nitrogens with zero attached hydrogens (tertiary/aromatic N) is 2. The third-order valence-electron chi connectivity index (χ3n) is 4.78. The molecule has 0 bridgehead atoms. The van der Waals surface area contributed by atoms with Crippen LogP contribution in [0.5, 0.6) is 0 Å². The standard InChI is InChI=1S/C22H23N3O2/c1-14-8-10-18(11-9-14)20-12-13-21(26)25(24-20)17(4)22(27)23-19-7-5-6-15(2)16(19)3/h5-13,17H,1-4H3,(H,23,27)/t17-/m0/s1. The average molecular weight is 361 g/mol. The molecule has 2 aromatic carbocycles. The summed E-state index contributed by atoms with van der Waals surface area (Å²) in [6, 6.07) is 16.0. The molecule has 0 spiro atoms. The van der Waals surface area contributed by atoms with Crippen molar-refractivity contribution in [2.75, 3.05) is 5.32 Å². The maximum absolute atomic E-state index is 12.7. The van der Waals surface area contributed by atoms with Gasteiger partial charge in [0.1, 0.15) is 6.04 Å². The Labute approximate surface area is 158 Å². The molecule has 1 N–H and O–H groups in total. The monoisotopic (exact) mass is 361 g/mol. The number of hydrogen-bond acceptors (Lipinski definition) is 3. The highest BCUT2D eigenvalue weighted by Crippen LogP contribution is 2.20. The molecule has 1 heterocycles. The summed E-state index contributed by atoms with van der Waals surface area (Å²) in [5, 5.41) is 7.32. The Morgan fingerprint density at radius 1 is 1.00 bits per heavy atom. The summed E-state index contributed by atoms with van der Waals surface area (Å²) in [5.74, 6) is -0.278. The number of nitrogens with one attached hydrogen (secondary N) is 1. The van der Waals surface area contributed by atoms with Gasteiger partial charge in [0.05, 0.1) is 5.69 Å². The molecule has 3 aromatic rings. The van der Waals surface area contributed by atoms with E-state index in [2.05, 4.69) is 10.4 Å². The number of carbonyl (C=O) groups is 1. The smallest absolute Gasteiger partial charge is 0.267 e. The van der Waals surface area contributed by atoms with Crippen LogP contribution in [0.1, 0.15) is 29.7 Å². The van der Waals surface area contributed by atoms with Crippen molar-refractivity contribution < 1.29 is 4.79 Å². The molecule has 3 rings (SSSR count). The molecular weight excluding hydrogens is 338 g/mol. The van der Waals surface area contributed by atoms with Gasteiger partial charge in [-0.15, -0.1) is 0 Å². The van der Waals surface area contributed by atoms with E-state index in [0.717, 1.165) is 27.9 Å². The van der Waals surface area contributed by atoms with Gasteiger partial charge in [-0.1, -0.05) is 42.0 Å². The second-order valence-electron chi connectivity index (χ2n) is 6.78. The lowest BCUT2D eigenvalue weighted by Crippen LogP contribution is -2.33. The van der Waals surface area contributed by atoms with Crippen LogP contribution in [0.2, 0.25) is 0 Å². The molecule has 0 unspecified atom stereocenters. The summed E-state index contributed by atoms with van der Waals surface area (Å²) in [6.45, 7) is 7.63. The van der Waals surface area contributed by atoms with Crippen molar-refractivity contribution in [3.8, 4) is 11.3 Å². The van der Waals surface area contributed by atoms with E-state index >= 15 is 0 Å². The molecule has 138 valence electrons. The average Bonchev–Trinajstić information content (AvgIpc) is 2.66. The van der Waals surface area contributed by atoms with Crippen LogP contribution in [0.3, 0.4) is 0 Å². The van der Waals surface area contributed by atoms with Gasteiger partial charge < -0.3 is 5.32 Å². The summed E-state index contributed by atoms with van der Waals surface area (Å²) in [7, 11) is 0. The first kappa shape index (κ1) is 18.6. The zero-order valence-corrected chi connectivity index (χ0v) is 16.0. The Balaban J connectivity index is 1.89. The van der Waals surface area contributed by atoms with Crippen LogP contribution in [0, 0.1) is 20.8 Å². The summed E-state index contributed by atoms with van der Waals surface area (Å²) in [4.78, 5) is 25.0. The van der Waals surface area contributed by atoms with Gasteiger partial charge in [-0.05, 0) is 51.0 Å². The predicted molar refractivity (Wildman–Crippen MR) is 108 cm³/mol. The van der Waals surface area contributed by atoms with Crippen molar-refractivity contribution in [1.29, 1.82) is 0 Å². The molecule has 0 saturated carbocycles. The fraction of sp³-hybridized carbons (Fsp3) is 0.227. The van der Waals surface area contributed by atoms with E-state index in [0.29, 0.717) is 5.69 Å². The lowest BCUT2D eigenvalue weighted by Gasteiger charge is -2.16. The minimum Gasteiger partial charge on any atom is -0.324 e. The Morgan fingerprint density at radius 3 is 2.41 bits per heavy atom. The van der Waals surface area contributed by atoms with E-state index in [1.165, 1.54) is 10.7 Å². The third kappa shape index (κ3) is 3.97. The van der Waals surface area contributed by atoms with Gasteiger partial charge in [-0.2, -0.15) is 5.10 Å². The van der Waals surface area contributed by atoms with E-state index in [-0.39, 0.29) is 11.5 Å². The predicted octanol–water partition coefficient (Wildman–Crippen LogP) is 4.04. The van der Waals surface area contributed by atoms with E-state index in [9.17, 15) is 9.59 Å². The van der Waals surface area contributed by atoms with Gasteiger partial charge >= 0.3 is 0 Å². The summed E-state index contributed by atoms with van der Waals surface area (Å²) >= 11 is 0. The van der Waals surface area contributed by atoms with E-state index < -0.39 is 6.04 Å². The van der Waals surface area contributed by atoms with E-state index in [1.807, 2.05) is 63.2 Å². The first-order chi connectivity index (χ1) is 12.9. The lowest BCUT2D eigenvalue weighted by atomic mass is 10.1. The number of anilines is 1. The van der Waals surface area contributed by atoms with Crippen LogP contribution in [0.4, 0.5) is 5.69 Å². The number of aromatic nitrogens is 2. The molecule has 27 heavy (non-hydrogen) atoms. The highest BCUT2D eigenvalue weighted by Gasteiger charge is 2.19. The Morgan fingerprint density at radius 2 is 1.70 bits per heavy atom. The molecule has 5 nitrogen and oxygen atoms in total. The van der Waals surface area contributed by atoms with Crippen LogP contribution in [0.25, 0.3) is 11.3 Å². The summed E-state index contributed by atoms with van der Waals surface area (Å²) in [6.07, 6.45) is 0. The van der Waals surface area contributed by atoms with Gasteiger partial charge in [0.2, 0.25) is 5.91 Å². The second kappa shape index (κ2) is 7.58. The first-order valence-corrected chi connectivity index (χ1v) is 8.91. The number of aryl methyl sites for hydroxylation is 2. The van der Waals surface area contributed by atoms with Gasteiger partial charge in [-0.3, -0.25) is 9.59 Å². The first-order valence-electron chi connectivity index (χ1n) is 8.91. The molecule has 1 aromatic heterocycles. The second-order valence-corrected chi connectivity index (χ2v) is 6.78. The number of carbonyl (C=O) groups excluding carboxylic acids is 1. The van der Waals surface area contributed by atoms with E-state index in [1.54, 1.807) is 13.0 Å². The lowest BCUT2D eigenvalue weighted by molar-refractivity contribution is -0.119. The molecule has 1 amide bonds. The summed E-state index contributed by atoms with van der Waals surface area (Å²) < 4.78 is 1.23. The number of amides is 1. The number of benzene rings is 2. The quantitative estimate of drug-likeness (QED) is 0.763. The van der Waals surface area contributed by atoms with E-state index in [4.69, 9.17) is 0 Å². The molecular formula is C22H23N3O2. The van der Waals surface area contributed by atoms with Crippen LogP contribution < -0.4 is 10.9 Å².